The van der Waals surface area contributed by atoms with Gasteiger partial charge >= 0.3 is 0 Å². The molecule has 0 aromatic heterocycles. The molecule has 0 spiro atoms. The van der Waals surface area contributed by atoms with Crippen LogP contribution in [0.25, 0.3) is 0 Å². The van der Waals surface area contributed by atoms with Crippen LogP contribution in [0.3, 0.4) is 0 Å². The summed E-state index contributed by atoms with van der Waals surface area (Å²) in [6.07, 6.45) is 0. The van der Waals surface area contributed by atoms with Crippen LogP contribution < -0.4 is 14.8 Å². The van der Waals surface area contributed by atoms with E-state index in [0.717, 1.165) is 22.1 Å². The number of rotatable bonds is 8. The number of methoxy groups -OCH3 is 1. The summed E-state index contributed by atoms with van der Waals surface area (Å²) >= 11 is 9.89. The van der Waals surface area contributed by atoms with Gasteiger partial charge in [0, 0.05) is 33.7 Å². The average molecular weight is 447 g/mol. The molecule has 27 heavy (non-hydrogen) atoms. The number of nitrogens with one attached hydrogen (secondary N) is 1. The zero-order valence-corrected chi connectivity index (χ0v) is 17.4. The van der Waals surface area contributed by atoms with E-state index in [2.05, 4.69) is 33.4 Å². The maximum Gasteiger partial charge on any atom is 0.167 e. The summed E-state index contributed by atoms with van der Waals surface area (Å²) in [5.41, 5.74) is 3.18. The zero-order chi connectivity index (χ0) is 19.1. The van der Waals surface area contributed by atoms with Gasteiger partial charge in [-0.05, 0) is 23.8 Å². The largest absolute Gasteiger partial charge is 0.493 e. The summed E-state index contributed by atoms with van der Waals surface area (Å²) in [5.74, 6) is 1.41. The second-order valence-corrected chi connectivity index (χ2v) is 7.29. The summed E-state index contributed by atoms with van der Waals surface area (Å²) in [5, 5.41) is 4.16. The fourth-order valence-corrected chi connectivity index (χ4v) is 3.40. The number of halogens is 2. The van der Waals surface area contributed by atoms with Crippen LogP contribution in [0.4, 0.5) is 0 Å². The number of ether oxygens (including phenoxy) is 2. The predicted molar refractivity (Wildman–Crippen MR) is 113 cm³/mol. The highest BCUT2D eigenvalue weighted by Crippen LogP contribution is 2.37. The topological polar surface area (TPSA) is 30.5 Å². The van der Waals surface area contributed by atoms with Gasteiger partial charge in [-0.1, -0.05) is 76.1 Å². The third kappa shape index (κ3) is 5.25. The van der Waals surface area contributed by atoms with Crippen LogP contribution in [0.1, 0.15) is 16.7 Å². The maximum absolute atomic E-state index is 6.25. The van der Waals surface area contributed by atoms with Crippen molar-refractivity contribution >= 4 is 27.5 Å². The Kier molecular flexibility index (Phi) is 7.16. The van der Waals surface area contributed by atoms with Crippen LogP contribution >= 0.6 is 27.5 Å². The molecule has 0 heterocycles. The molecule has 0 aliphatic heterocycles. The van der Waals surface area contributed by atoms with E-state index in [0.29, 0.717) is 29.7 Å². The lowest BCUT2D eigenvalue weighted by molar-refractivity contribution is 0.280. The van der Waals surface area contributed by atoms with Gasteiger partial charge in [0.2, 0.25) is 0 Å². The van der Waals surface area contributed by atoms with Gasteiger partial charge in [-0.3, -0.25) is 0 Å². The minimum absolute atomic E-state index is 0.373. The minimum Gasteiger partial charge on any atom is -0.493 e. The molecular weight excluding hydrogens is 426 g/mol. The smallest absolute Gasteiger partial charge is 0.167 e. The van der Waals surface area contributed by atoms with Crippen molar-refractivity contribution in [2.75, 3.05) is 7.11 Å². The van der Waals surface area contributed by atoms with Gasteiger partial charge in [-0.15, -0.1) is 0 Å². The summed E-state index contributed by atoms with van der Waals surface area (Å²) < 4.78 is 12.6. The van der Waals surface area contributed by atoms with Gasteiger partial charge in [0.15, 0.2) is 11.5 Å². The molecule has 1 N–H and O–H groups in total. The number of hydrogen-bond acceptors (Lipinski definition) is 3. The summed E-state index contributed by atoms with van der Waals surface area (Å²) in [7, 11) is 1.65. The van der Waals surface area contributed by atoms with Crippen molar-refractivity contribution < 1.29 is 9.47 Å². The summed E-state index contributed by atoms with van der Waals surface area (Å²) in [4.78, 5) is 0. The van der Waals surface area contributed by atoms with Crippen LogP contribution in [-0.4, -0.2) is 7.11 Å². The second kappa shape index (κ2) is 9.79. The van der Waals surface area contributed by atoms with E-state index in [1.54, 1.807) is 7.11 Å². The Morgan fingerprint density at radius 1 is 0.926 bits per heavy atom. The molecule has 5 heteroatoms. The third-order valence-electron chi connectivity index (χ3n) is 4.19. The van der Waals surface area contributed by atoms with Crippen molar-refractivity contribution in [3.05, 3.63) is 92.9 Å². The molecule has 0 saturated heterocycles. The van der Waals surface area contributed by atoms with Crippen molar-refractivity contribution in [2.24, 2.45) is 0 Å². The molecule has 0 saturated carbocycles. The van der Waals surface area contributed by atoms with Gasteiger partial charge in [0.05, 0.1) is 7.11 Å². The van der Waals surface area contributed by atoms with Crippen molar-refractivity contribution in [1.29, 1.82) is 0 Å². The number of benzene rings is 3. The van der Waals surface area contributed by atoms with Crippen molar-refractivity contribution in [1.82, 2.24) is 5.32 Å². The van der Waals surface area contributed by atoms with E-state index in [4.69, 9.17) is 21.1 Å². The monoisotopic (exact) mass is 445 g/mol. The highest BCUT2D eigenvalue weighted by atomic mass is 79.9. The second-order valence-electron chi connectivity index (χ2n) is 6.03. The highest BCUT2D eigenvalue weighted by molar-refractivity contribution is 9.10. The van der Waals surface area contributed by atoms with E-state index in [1.165, 1.54) is 5.56 Å². The molecule has 140 valence electrons. The standard InChI is InChI=1S/C22H21BrClNO2/c1-26-21-12-11-19(23)18(14-25-13-16-7-3-2-4-8-16)22(21)27-15-17-9-5-6-10-20(17)24/h2-12,25H,13-15H2,1H3. The first kappa shape index (κ1) is 19.7. The van der Waals surface area contributed by atoms with E-state index in [-0.39, 0.29) is 0 Å². The van der Waals surface area contributed by atoms with Crippen LogP contribution in [0.2, 0.25) is 5.02 Å². The fraction of sp³-hybridized carbons (Fsp3) is 0.182. The molecular formula is C22H21BrClNO2. The normalized spacial score (nSPS) is 10.6. The van der Waals surface area contributed by atoms with Gasteiger partial charge < -0.3 is 14.8 Å². The molecule has 0 fully saturated rings. The van der Waals surface area contributed by atoms with E-state index in [9.17, 15) is 0 Å². The van der Waals surface area contributed by atoms with E-state index in [1.807, 2.05) is 54.6 Å². The molecule has 0 aliphatic carbocycles. The molecule has 0 bridgehead atoms. The Hall–Kier alpha value is -2.01. The summed E-state index contributed by atoms with van der Waals surface area (Å²) in [6, 6.07) is 21.8. The molecule has 3 aromatic carbocycles. The fourth-order valence-electron chi connectivity index (χ4n) is 2.76. The molecule has 0 radical (unpaired) electrons. The van der Waals surface area contributed by atoms with Gasteiger partial charge in [-0.25, -0.2) is 0 Å². The van der Waals surface area contributed by atoms with Crippen LogP contribution in [0.5, 0.6) is 11.5 Å². The lowest BCUT2D eigenvalue weighted by atomic mass is 10.1. The first-order valence-corrected chi connectivity index (χ1v) is 9.82. The minimum atomic E-state index is 0.373. The third-order valence-corrected chi connectivity index (χ3v) is 5.30. The van der Waals surface area contributed by atoms with Crippen LogP contribution in [-0.2, 0) is 19.7 Å². The van der Waals surface area contributed by atoms with Gasteiger partial charge in [-0.2, -0.15) is 0 Å². The Labute approximate surface area is 173 Å². The quantitative estimate of drug-likeness (QED) is 0.462. The van der Waals surface area contributed by atoms with Gasteiger partial charge in [0.1, 0.15) is 6.61 Å². The first-order chi connectivity index (χ1) is 13.2. The SMILES string of the molecule is COc1ccc(Br)c(CNCc2ccccc2)c1OCc1ccccc1Cl. The molecule has 0 atom stereocenters. The highest BCUT2D eigenvalue weighted by Gasteiger charge is 2.15. The van der Waals surface area contributed by atoms with Crippen molar-refractivity contribution in [3.63, 3.8) is 0 Å². The molecule has 0 amide bonds. The number of hydrogen-bond donors (Lipinski definition) is 1. The lowest BCUT2D eigenvalue weighted by Crippen LogP contribution is -2.14. The maximum atomic E-state index is 6.25. The van der Waals surface area contributed by atoms with Crippen LogP contribution in [0, 0.1) is 0 Å². The zero-order valence-electron chi connectivity index (χ0n) is 15.0. The molecule has 3 nitrogen and oxygen atoms in total. The Morgan fingerprint density at radius 3 is 2.41 bits per heavy atom. The van der Waals surface area contributed by atoms with Crippen molar-refractivity contribution in [3.8, 4) is 11.5 Å². The van der Waals surface area contributed by atoms with E-state index >= 15 is 0 Å². The predicted octanol–water partition coefficient (Wildman–Crippen LogP) is 5.98. The first-order valence-electron chi connectivity index (χ1n) is 8.65. The Bertz CT molecular complexity index is 887. The molecule has 0 unspecified atom stereocenters. The van der Waals surface area contributed by atoms with Crippen molar-refractivity contribution in [2.45, 2.75) is 19.7 Å². The van der Waals surface area contributed by atoms with Crippen LogP contribution in [0.15, 0.2) is 71.2 Å². The molecule has 3 aromatic rings. The Balaban J connectivity index is 1.76. The Morgan fingerprint density at radius 2 is 1.67 bits per heavy atom. The molecule has 3 rings (SSSR count). The molecule has 0 aliphatic rings. The average Bonchev–Trinajstić information content (AvgIpc) is 2.70. The lowest BCUT2D eigenvalue weighted by Gasteiger charge is -2.17. The van der Waals surface area contributed by atoms with E-state index < -0.39 is 0 Å². The summed E-state index contributed by atoms with van der Waals surface area (Å²) in [6.45, 7) is 1.79. The van der Waals surface area contributed by atoms with Gasteiger partial charge in [0.25, 0.3) is 0 Å².